The lowest BCUT2D eigenvalue weighted by atomic mass is 10.1. The van der Waals surface area contributed by atoms with Crippen molar-refractivity contribution in [3.05, 3.63) is 35.6 Å². The molecule has 0 saturated carbocycles. The fraction of sp³-hybridized carbons (Fsp3) is 0.571. The summed E-state index contributed by atoms with van der Waals surface area (Å²) in [5.41, 5.74) is 0.362. The van der Waals surface area contributed by atoms with Crippen LogP contribution in [0.1, 0.15) is 31.4 Å². The molecule has 20 heavy (non-hydrogen) atoms. The van der Waals surface area contributed by atoms with Gasteiger partial charge in [0, 0.05) is 25.1 Å². The summed E-state index contributed by atoms with van der Waals surface area (Å²) < 4.78 is 55.2. The average Bonchev–Trinajstić information content (AvgIpc) is 2.38. The van der Waals surface area contributed by atoms with E-state index in [1.807, 2.05) is 6.92 Å². The Hall–Kier alpha value is -1.14. The molecular formula is C14H19F4NO. The van der Waals surface area contributed by atoms with Gasteiger partial charge in [-0.1, -0.05) is 25.1 Å². The van der Waals surface area contributed by atoms with Crippen LogP contribution in [0.2, 0.25) is 0 Å². The van der Waals surface area contributed by atoms with Crippen molar-refractivity contribution in [2.45, 2.75) is 32.0 Å². The third kappa shape index (κ3) is 6.34. The first-order chi connectivity index (χ1) is 9.44. The predicted molar refractivity (Wildman–Crippen MR) is 68.9 cm³/mol. The SMILES string of the molecule is CCNCC(OCCCC(F)(F)F)c1ccccc1F. The lowest BCUT2D eigenvalue weighted by Gasteiger charge is -2.19. The molecule has 1 N–H and O–H groups in total. The number of nitrogens with one attached hydrogen (secondary N) is 1. The van der Waals surface area contributed by atoms with Crippen molar-refractivity contribution in [1.29, 1.82) is 0 Å². The molecule has 0 aliphatic heterocycles. The Kier molecular flexibility index (Phi) is 6.95. The van der Waals surface area contributed by atoms with Gasteiger partial charge in [-0.3, -0.25) is 0 Å². The number of halogens is 4. The van der Waals surface area contributed by atoms with E-state index in [1.54, 1.807) is 18.2 Å². The molecule has 1 aromatic rings. The summed E-state index contributed by atoms with van der Waals surface area (Å²) in [6.45, 7) is 2.88. The number of ether oxygens (including phenoxy) is 1. The van der Waals surface area contributed by atoms with Gasteiger partial charge in [-0.2, -0.15) is 13.2 Å². The molecule has 0 heterocycles. The number of rotatable bonds is 8. The minimum absolute atomic E-state index is 0.0517. The highest BCUT2D eigenvalue weighted by molar-refractivity contribution is 5.20. The Labute approximate surface area is 116 Å². The first kappa shape index (κ1) is 16.9. The van der Waals surface area contributed by atoms with Crippen LogP contribution in [0.5, 0.6) is 0 Å². The molecule has 0 aliphatic rings. The van der Waals surface area contributed by atoms with Crippen molar-refractivity contribution in [2.24, 2.45) is 0 Å². The molecule has 0 radical (unpaired) electrons. The molecule has 114 valence electrons. The molecule has 0 aromatic heterocycles. The average molecular weight is 293 g/mol. The van der Waals surface area contributed by atoms with Crippen LogP contribution in [-0.4, -0.2) is 25.9 Å². The van der Waals surface area contributed by atoms with E-state index in [0.717, 1.165) is 0 Å². The molecule has 1 aromatic carbocycles. The van der Waals surface area contributed by atoms with Crippen molar-refractivity contribution in [3.63, 3.8) is 0 Å². The van der Waals surface area contributed by atoms with Gasteiger partial charge in [-0.25, -0.2) is 4.39 Å². The van der Waals surface area contributed by atoms with Gasteiger partial charge in [0.05, 0.1) is 6.10 Å². The van der Waals surface area contributed by atoms with Crippen molar-refractivity contribution in [1.82, 2.24) is 5.32 Å². The van der Waals surface area contributed by atoms with Gasteiger partial charge in [0.15, 0.2) is 0 Å². The Morgan fingerprint density at radius 1 is 1.25 bits per heavy atom. The van der Waals surface area contributed by atoms with Gasteiger partial charge in [0.25, 0.3) is 0 Å². The van der Waals surface area contributed by atoms with Gasteiger partial charge in [0.2, 0.25) is 0 Å². The largest absolute Gasteiger partial charge is 0.389 e. The van der Waals surface area contributed by atoms with E-state index in [1.165, 1.54) is 6.07 Å². The quantitative estimate of drug-likeness (QED) is 0.581. The number of benzene rings is 1. The van der Waals surface area contributed by atoms with Crippen molar-refractivity contribution >= 4 is 0 Å². The minimum atomic E-state index is -4.18. The number of hydrogen-bond acceptors (Lipinski definition) is 2. The van der Waals surface area contributed by atoms with Crippen molar-refractivity contribution < 1.29 is 22.3 Å². The summed E-state index contributed by atoms with van der Waals surface area (Å²) in [6.07, 6.45) is -5.78. The minimum Gasteiger partial charge on any atom is -0.372 e. The standard InChI is InChI=1S/C14H19F4NO/c1-2-19-10-13(11-6-3-4-7-12(11)15)20-9-5-8-14(16,17)18/h3-4,6-7,13,19H,2,5,8-10H2,1H3. The Morgan fingerprint density at radius 2 is 1.95 bits per heavy atom. The Morgan fingerprint density at radius 3 is 2.55 bits per heavy atom. The second-order valence-corrected chi connectivity index (χ2v) is 4.41. The van der Waals surface area contributed by atoms with Crippen LogP contribution in [0.3, 0.4) is 0 Å². The van der Waals surface area contributed by atoms with Gasteiger partial charge in [0.1, 0.15) is 5.82 Å². The molecule has 0 saturated heterocycles. The van der Waals surface area contributed by atoms with E-state index < -0.39 is 24.5 Å². The lowest BCUT2D eigenvalue weighted by Crippen LogP contribution is -2.24. The van der Waals surface area contributed by atoms with Gasteiger partial charge >= 0.3 is 6.18 Å². The van der Waals surface area contributed by atoms with Crippen LogP contribution in [0, 0.1) is 5.82 Å². The number of likely N-dealkylation sites (N-methyl/N-ethyl adjacent to an activating group) is 1. The predicted octanol–water partition coefficient (Wildman–Crippen LogP) is 3.84. The van der Waals surface area contributed by atoms with E-state index in [2.05, 4.69) is 5.32 Å². The molecule has 0 spiro atoms. The maximum absolute atomic E-state index is 13.7. The zero-order valence-electron chi connectivity index (χ0n) is 11.3. The van der Waals surface area contributed by atoms with Crippen LogP contribution in [0.25, 0.3) is 0 Å². The van der Waals surface area contributed by atoms with Crippen LogP contribution in [0.4, 0.5) is 17.6 Å². The Balaban J connectivity index is 2.55. The summed E-state index contributed by atoms with van der Waals surface area (Å²) in [6, 6.07) is 6.14. The molecule has 2 nitrogen and oxygen atoms in total. The van der Waals surface area contributed by atoms with E-state index >= 15 is 0 Å². The number of alkyl halides is 3. The monoisotopic (exact) mass is 293 g/mol. The molecule has 0 aliphatic carbocycles. The summed E-state index contributed by atoms with van der Waals surface area (Å²) >= 11 is 0. The maximum atomic E-state index is 13.7. The van der Waals surface area contributed by atoms with Gasteiger partial charge in [-0.15, -0.1) is 0 Å². The first-order valence-corrected chi connectivity index (χ1v) is 6.57. The fourth-order valence-electron chi connectivity index (χ4n) is 1.77. The third-order valence-corrected chi connectivity index (χ3v) is 2.76. The summed E-state index contributed by atoms with van der Waals surface area (Å²) in [7, 11) is 0. The highest BCUT2D eigenvalue weighted by Gasteiger charge is 2.26. The summed E-state index contributed by atoms with van der Waals surface area (Å²) in [4.78, 5) is 0. The molecule has 6 heteroatoms. The molecule has 0 fully saturated rings. The van der Waals surface area contributed by atoms with E-state index in [-0.39, 0.29) is 13.0 Å². The van der Waals surface area contributed by atoms with E-state index in [4.69, 9.17) is 4.74 Å². The van der Waals surface area contributed by atoms with Crippen LogP contribution < -0.4 is 5.32 Å². The van der Waals surface area contributed by atoms with Crippen molar-refractivity contribution in [3.8, 4) is 0 Å². The zero-order chi connectivity index (χ0) is 15.0. The summed E-state index contributed by atoms with van der Waals surface area (Å²) in [5, 5.41) is 3.02. The number of hydrogen-bond donors (Lipinski definition) is 1. The molecule has 1 unspecified atom stereocenters. The van der Waals surface area contributed by atoms with Gasteiger partial charge < -0.3 is 10.1 Å². The van der Waals surface area contributed by atoms with E-state index in [0.29, 0.717) is 18.7 Å². The fourth-order valence-corrected chi connectivity index (χ4v) is 1.77. The molecule has 0 amide bonds. The second-order valence-electron chi connectivity index (χ2n) is 4.41. The topological polar surface area (TPSA) is 21.3 Å². The van der Waals surface area contributed by atoms with Crippen LogP contribution in [-0.2, 0) is 4.74 Å². The van der Waals surface area contributed by atoms with Crippen LogP contribution in [0.15, 0.2) is 24.3 Å². The highest BCUT2D eigenvalue weighted by Crippen LogP contribution is 2.23. The first-order valence-electron chi connectivity index (χ1n) is 6.57. The molecular weight excluding hydrogens is 274 g/mol. The highest BCUT2D eigenvalue weighted by atomic mass is 19.4. The summed E-state index contributed by atoms with van der Waals surface area (Å²) in [5.74, 6) is -0.411. The van der Waals surface area contributed by atoms with E-state index in [9.17, 15) is 17.6 Å². The molecule has 0 bridgehead atoms. The molecule has 1 rings (SSSR count). The third-order valence-electron chi connectivity index (χ3n) is 2.76. The lowest BCUT2D eigenvalue weighted by molar-refractivity contribution is -0.139. The molecule has 1 atom stereocenters. The van der Waals surface area contributed by atoms with Gasteiger partial charge in [-0.05, 0) is 19.0 Å². The van der Waals surface area contributed by atoms with Crippen LogP contribution >= 0.6 is 0 Å². The second kappa shape index (κ2) is 8.21. The smallest absolute Gasteiger partial charge is 0.372 e. The maximum Gasteiger partial charge on any atom is 0.389 e. The Bertz CT molecular complexity index is 395. The normalized spacial score (nSPS) is 13.4. The zero-order valence-corrected chi connectivity index (χ0v) is 11.3. The van der Waals surface area contributed by atoms with Crippen molar-refractivity contribution in [2.75, 3.05) is 19.7 Å².